The molecule has 2 aromatic rings. The van der Waals surface area contributed by atoms with Crippen LogP contribution < -0.4 is 10.6 Å². The molecule has 3 rings (SSSR count). The molecule has 0 radical (unpaired) electrons. The lowest BCUT2D eigenvalue weighted by Crippen LogP contribution is -2.54. The number of amides is 3. The normalized spacial score (nSPS) is 15.0. The van der Waals surface area contributed by atoms with Crippen LogP contribution in [0.3, 0.4) is 0 Å². The molecule has 1 aliphatic rings. The Bertz CT molecular complexity index is 1010. The van der Waals surface area contributed by atoms with Crippen LogP contribution in [0, 0.1) is 12.8 Å². The molecule has 7 nitrogen and oxygen atoms in total. The summed E-state index contributed by atoms with van der Waals surface area (Å²) in [6.07, 6.45) is 1.95. The predicted molar refractivity (Wildman–Crippen MR) is 135 cm³/mol. The Hall–Kier alpha value is -2.71. The molecular weight excluding hydrogens is 498 g/mol. The number of hydrogen-bond donors (Lipinski definition) is 2. The number of carbonyl (C=O) groups is 3. The number of rotatable bonds is 9. The number of aryl methyl sites for hydroxylation is 1. The smallest absolute Gasteiger partial charge is 0.253 e. The third kappa shape index (κ3) is 7.14. The van der Waals surface area contributed by atoms with E-state index in [0.29, 0.717) is 56.6 Å². The Balaban J connectivity index is 1.67. The molecular formula is C26H32BrN3O4. The van der Waals surface area contributed by atoms with Crippen LogP contribution in [-0.4, -0.2) is 62.0 Å². The molecule has 0 spiro atoms. The van der Waals surface area contributed by atoms with E-state index in [1.54, 1.807) is 19.2 Å². The van der Waals surface area contributed by atoms with Crippen LogP contribution in [0.25, 0.3) is 0 Å². The van der Waals surface area contributed by atoms with Crippen LogP contribution in [0.4, 0.5) is 0 Å². The molecule has 0 aliphatic carbocycles. The SMILES string of the molecule is COCCCNC(=O)C(NC(=O)c1cccc(C)c1)C1CCN(C(=O)c2cccc(Br)c2)CC1. The summed E-state index contributed by atoms with van der Waals surface area (Å²) >= 11 is 3.41. The Morgan fingerprint density at radius 1 is 1.09 bits per heavy atom. The molecule has 1 saturated heterocycles. The van der Waals surface area contributed by atoms with Crippen LogP contribution in [-0.2, 0) is 9.53 Å². The molecule has 2 aromatic carbocycles. The molecule has 2 N–H and O–H groups in total. The predicted octanol–water partition coefficient (Wildman–Crippen LogP) is 3.56. The minimum absolute atomic E-state index is 0.0240. The fraction of sp³-hybridized carbons (Fsp3) is 0.423. The van der Waals surface area contributed by atoms with E-state index < -0.39 is 6.04 Å². The molecule has 8 heteroatoms. The number of carbonyl (C=O) groups excluding carboxylic acids is 3. The molecule has 3 amide bonds. The molecule has 0 bridgehead atoms. The highest BCUT2D eigenvalue weighted by atomic mass is 79.9. The number of hydrogen-bond acceptors (Lipinski definition) is 4. The van der Waals surface area contributed by atoms with Gasteiger partial charge in [-0.05, 0) is 62.4 Å². The average molecular weight is 530 g/mol. The maximum Gasteiger partial charge on any atom is 0.253 e. The zero-order chi connectivity index (χ0) is 24.5. The van der Waals surface area contributed by atoms with Gasteiger partial charge in [-0.25, -0.2) is 0 Å². The van der Waals surface area contributed by atoms with Crippen LogP contribution >= 0.6 is 15.9 Å². The summed E-state index contributed by atoms with van der Waals surface area (Å²) in [6, 6.07) is 14.0. The van der Waals surface area contributed by atoms with Crippen molar-refractivity contribution in [3.8, 4) is 0 Å². The fourth-order valence-electron chi connectivity index (χ4n) is 4.19. The number of piperidine rings is 1. The van der Waals surface area contributed by atoms with E-state index >= 15 is 0 Å². The van der Waals surface area contributed by atoms with Gasteiger partial charge in [0.05, 0.1) is 0 Å². The largest absolute Gasteiger partial charge is 0.385 e. The van der Waals surface area contributed by atoms with Gasteiger partial charge in [0.15, 0.2) is 0 Å². The monoisotopic (exact) mass is 529 g/mol. The third-order valence-corrected chi connectivity index (χ3v) is 6.54. The summed E-state index contributed by atoms with van der Waals surface area (Å²) in [5.41, 5.74) is 2.14. The zero-order valence-corrected chi connectivity index (χ0v) is 21.3. The van der Waals surface area contributed by atoms with E-state index in [-0.39, 0.29) is 23.6 Å². The molecule has 1 aliphatic heterocycles. The van der Waals surface area contributed by atoms with Crippen molar-refractivity contribution in [1.29, 1.82) is 0 Å². The van der Waals surface area contributed by atoms with E-state index in [1.807, 2.05) is 48.2 Å². The van der Waals surface area contributed by atoms with Gasteiger partial charge in [0.1, 0.15) is 6.04 Å². The number of halogens is 1. The van der Waals surface area contributed by atoms with Gasteiger partial charge in [-0.3, -0.25) is 14.4 Å². The van der Waals surface area contributed by atoms with Crippen molar-refractivity contribution in [2.24, 2.45) is 5.92 Å². The van der Waals surface area contributed by atoms with Crippen molar-refractivity contribution < 1.29 is 19.1 Å². The lowest BCUT2D eigenvalue weighted by molar-refractivity contribution is -0.124. The second-order valence-corrected chi connectivity index (χ2v) is 9.51. The molecule has 182 valence electrons. The summed E-state index contributed by atoms with van der Waals surface area (Å²) in [5, 5.41) is 5.89. The summed E-state index contributed by atoms with van der Waals surface area (Å²) in [4.78, 5) is 40.7. The van der Waals surface area contributed by atoms with Gasteiger partial charge < -0.3 is 20.3 Å². The van der Waals surface area contributed by atoms with Crippen LogP contribution in [0.2, 0.25) is 0 Å². The van der Waals surface area contributed by atoms with Gasteiger partial charge in [-0.2, -0.15) is 0 Å². The van der Waals surface area contributed by atoms with E-state index in [9.17, 15) is 14.4 Å². The molecule has 1 atom stereocenters. The summed E-state index contributed by atoms with van der Waals surface area (Å²) in [5.74, 6) is -0.561. The lowest BCUT2D eigenvalue weighted by atomic mass is 9.88. The minimum atomic E-state index is -0.668. The first-order chi connectivity index (χ1) is 16.4. The van der Waals surface area contributed by atoms with Crippen molar-refractivity contribution in [3.05, 3.63) is 69.7 Å². The third-order valence-electron chi connectivity index (χ3n) is 6.04. The molecule has 0 saturated carbocycles. The number of nitrogens with zero attached hydrogens (tertiary/aromatic N) is 1. The van der Waals surface area contributed by atoms with Crippen molar-refractivity contribution in [2.75, 3.05) is 33.4 Å². The highest BCUT2D eigenvalue weighted by molar-refractivity contribution is 9.10. The van der Waals surface area contributed by atoms with Gasteiger partial charge in [0.25, 0.3) is 11.8 Å². The number of benzene rings is 2. The number of methoxy groups -OCH3 is 1. The van der Waals surface area contributed by atoms with Gasteiger partial charge >= 0.3 is 0 Å². The lowest BCUT2D eigenvalue weighted by Gasteiger charge is -2.36. The van der Waals surface area contributed by atoms with E-state index in [4.69, 9.17) is 4.74 Å². The van der Waals surface area contributed by atoms with E-state index in [0.717, 1.165) is 10.0 Å². The summed E-state index contributed by atoms with van der Waals surface area (Å²) in [7, 11) is 1.62. The van der Waals surface area contributed by atoms with E-state index in [1.165, 1.54) is 0 Å². The number of ether oxygens (including phenoxy) is 1. The maximum absolute atomic E-state index is 13.1. The van der Waals surface area contributed by atoms with Gasteiger partial charge in [0.2, 0.25) is 5.91 Å². The van der Waals surface area contributed by atoms with Gasteiger partial charge in [-0.1, -0.05) is 39.7 Å². The second kappa shape index (κ2) is 12.7. The fourth-order valence-corrected chi connectivity index (χ4v) is 4.59. The Morgan fingerprint density at radius 3 is 2.47 bits per heavy atom. The van der Waals surface area contributed by atoms with Gasteiger partial charge in [0, 0.05) is 49.0 Å². The van der Waals surface area contributed by atoms with Crippen LogP contribution in [0.1, 0.15) is 45.5 Å². The molecule has 34 heavy (non-hydrogen) atoms. The standard InChI is InChI=1S/C26H32BrN3O4/c1-18-6-3-7-20(16-18)24(31)29-23(25(32)28-12-5-15-34-2)19-10-13-30(14-11-19)26(33)21-8-4-9-22(27)17-21/h3-4,6-9,16-17,19,23H,5,10-15H2,1-2H3,(H,28,32)(H,29,31). The number of likely N-dealkylation sites (tertiary alicyclic amines) is 1. The minimum Gasteiger partial charge on any atom is -0.385 e. The second-order valence-electron chi connectivity index (χ2n) is 8.60. The quantitative estimate of drug-likeness (QED) is 0.486. The average Bonchev–Trinajstić information content (AvgIpc) is 2.84. The first-order valence-electron chi connectivity index (χ1n) is 11.6. The summed E-state index contributed by atoms with van der Waals surface area (Å²) in [6.45, 7) is 4.02. The molecule has 1 heterocycles. The molecule has 1 unspecified atom stereocenters. The van der Waals surface area contributed by atoms with Gasteiger partial charge in [-0.15, -0.1) is 0 Å². The van der Waals surface area contributed by atoms with Crippen molar-refractivity contribution in [2.45, 2.75) is 32.2 Å². The zero-order valence-electron chi connectivity index (χ0n) is 19.7. The van der Waals surface area contributed by atoms with Crippen molar-refractivity contribution >= 4 is 33.7 Å². The van der Waals surface area contributed by atoms with Crippen LogP contribution in [0.5, 0.6) is 0 Å². The topological polar surface area (TPSA) is 87.7 Å². The highest BCUT2D eigenvalue weighted by Crippen LogP contribution is 2.24. The molecule has 1 fully saturated rings. The van der Waals surface area contributed by atoms with Crippen molar-refractivity contribution in [1.82, 2.24) is 15.5 Å². The van der Waals surface area contributed by atoms with Crippen LogP contribution in [0.15, 0.2) is 53.0 Å². The van der Waals surface area contributed by atoms with E-state index in [2.05, 4.69) is 26.6 Å². The highest BCUT2D eigenvalue weighted by Gasteiger charge is 2.34. The van der Waals surface area contributed by atoms with Crippen molar-refractivity contribution in [3.63, 3.8) is 0 Å². The Labute approximate surface area is 209 Å². The first-order valence-corrected chi connectivity index (χ1v) is 12.4. The summed E-state index contributed by atoms with van der Waals surface area (Å²) < 4.78 is 5.91. The first kappa shape index (κ1) is 25.9. The number of nitrogens with one attached hydrogen (secondary N) is 2. The molecule has 0 aromatic heterocycles. The maximum atomic E-state index is 13.1. The Kier molecular flexibility index (Phi) is 9.65. The Morgan fingerprint density at radius 2 is 1.79 bits per heavy atom.